The van der Waals surface area contributed by atoms with Crippen LogP contribution in [0.1, 0.15) is 35.1 Å². The number of benzene rings is 2. The Morgan fingerprint density at radius 3 is 2.61 bits per heavy atom. The lowest BCUT2D eigenvalue weighted by Gasteiger charge is -2.25. The van der Waals surface area contributed by atoms with Gasteiger partial charge in [-0.1, -0.05) is 35.9 Å². The van der Waals surface area contributed by atoms with Gasteiger partial charge in [0, 0.05) is 30.2 Å². The molecule has 1 atom stereocenters. The predicted octanol–water partition coefficient (Wildman–Crippen LogP) is 3.61. The van der Waals surface area contributed by atoms with Crippen molar-refractivity contribution in [1.82, 2.24) is 14.6 Å². The minimum absolute atomic E-state index is 0.219. The monoisotopic (exact) mass is 439 g/mol. The molecule has 0 saturated carbocycles. The van der Waals surface area contributed by atoms with E-state index in [1.807, 2.05) is 57.3 Å². The summed E-state index contributed by atoms with van der Waals surface area (Å²) >= 11 is 0. The third-order valence-corrected chi connectivity index (χ3v) is 8.26. The van der Waals surface area contributed by atoms with Crippen LogP contribution in [0.3, 0.4) is 0 Å². The molecule has 0 unspecified atom stereocenters. The number of hydrogen-bond acceptors (Lipinski definition) is 3. The third kappa shape index (κ3) is 4.12. The number of fused-ring (bicyclic) bond motifs is 1. The highest BCUT2D eigenvalue weighted by atomic mass is 32.2. The van der Waals surface area contributed by atoms with Crippen molar-refractivity contribution < 1.29 is 13.2 Å². The molecule has 3 aromatic rings. The van der Waals surface area contributed by atoms with Gasteiger partial charge in [0.2, 0.25) is 15.9 Å². The van der Waals surface area contributed by atoms with Crippen molar-refractivity contribution >= 4 is 26.8 Å². The summed E-state index contributed by atoms with van der Waals surface area (Å²) in [6.45, 7) is 6.43. The topological polar surface area (TPSA) is 82.3 Å². The van der Waals surface area contributed by atoms with Crippen LogP contribution in [0.4, 0.5) is 0 Å². The van der Waals surface area contributed by atoms with Gasteiger partial charge in [0.15, 0.2) is 0 Å². The zero-order valence-corrected chi connectivity index (χ0v) is 19.1. The lowest BCUT2D eigenvalue weighted by Crippen LogP contribution is -2.46. The maximum absolute atomic E-state index is 13.5. The van der Waals surface area contributed by atoms with Crippen molar-refractivity contribution in [2.45, 2.75) is 51.0 Å². The van der Waals surface area contributed by atoms with E-state index < -0.39 is 16.1 Å². The molecule has 2 aromatic carbocycles. The number of carbonyl (C=O) groups excluding carboxylic acids is 1. The number of amides is 1. The molecule has 6 nitrogen and oxygen atoms in total. The summed E-state index contributed by atoms with van der Waals surface area (Å²) in [5, 5.41) is 4.11. The highest BCUT2D eigenvalue weighted by Gasteiger charge is 2.40. The SMILES string of the molecule is Cc1cc(C)c(S(=O)(=O)N2CCC[C@H]2C(=O)NCCc2c[nH]c3ccccc23)c(C)c1. The fourth-order valence-electron chi connectivity index (χ4n) is 4.76. The van der Waals surface area contributed by atoms with Crippen LogP contribution in [0.5, 0.6) is 0 Å². The quantitative estimate of drug-likeness (QED) is 0.616. The summed E-state index contributed by atoms with van der Waals surface area (Å²) < 4.78 is 28.3. The largest absolute Gasteiger partial charge is 0.361 e. The number of para-hydroxylation sites is 1. The fraction of sp³-hybridized carbons (Fsp3) is 0.375. The second kappa shape index (κ2) is 8.48. The van der Waals surface area contributed by atoms with Crippen molar-refractivity contribution in [3.63, 3.8) is 0 Å². The molecule has 0 spiro atoms. The molecule has 31 heavy (non-hydrogen) atoms. The van der Waals surface area contributed by atoms with E-state index in [1.54, 1.807) is 0 Å². The number of H-pyrrole nitrogens is 1. The Balaban J connectivity index is 1.47. The van der Waals surface area contributed by atoms with Gasteiger partial charge in [0.25, 0.3) is 0 Å². The highest BCUT2D eigenvalue weighted by molar-refractivity contribution is 7.89. The van der Waals surface area contributed by atoms with E-state index >= 15 is 0 Å². The molecule has 1 aromatic heterocycles. The molecule has 1 aliphatic rings. The Labute approximate surface area is 183 Å². The van der Waals surface area contributed by atoms with Gasteiger partial charge < -0.3 is 10.3 Å². The molecule has 2 N–H and O–H groups in total. The first kappa shape index (κ1) is 21.6. The Kier molecular flexibility index (Phi) is 5.90. The van der Waals surface area contributed by atoms with Crippen molar-refractivity contribution in [2.75, 3.05) is 13.1 Å². The molecule has 0 radical (unpaired) electrons. The molecule has 0 aliphatic carbocycles. The van der Waals surface area contributed by atoms with E-state index in [0.29, 0.717) is 37.2 Å². The van der Waals surface area contributed by atoms with E-state index in [2.05, 4.69) is 16.4 Å². The van der Waals surface area contributed by atoms with Crippen LogP contribution in [0.15, 0.2) is 47.5 Å². The Morgan fingerprint density at radius 2 is 1.87 bits per heavy atom. The molecule has 2 heterocycles. The maximum Gasteiger partial charge on any atom is 0.244 e. The van der Waals surface area contributed by atoms with Gasteiger partial charge in [0.05, 0.1) is 4.90 Å². The summed E-state index contributed by atoms with van der Waals surface area (Å²) in [6, 6.07) is 11.2. The van der Waals surface area contributed by atoms with Crippen LogP contribution in [0.25, 0.3) is 10.9 Å². The lowest BCUT2D eigenvalue weighted by atomic mass is 10.1. The number of sulfonamides is 1. The molecule has 1 saturated heterocycles. The molecule has 1 amide bonds. The standard InChI is InChI=1S/C24H29N3O3S/c1-16-13-17(2)23(18(3)14-16)31(29,30)27-12-6-9-22(27)24(28)25-11-10-19-15-26-21-8-5-4-7-20(19)21/h4-5,7-8,13-15,22,26H,6,9-12H2,1-3H3,(H,25,28)/t22-/m0/s1. The van der Waals surface area contributed by atoms with Crippen LogP contribution in [0.2, 0.25) is 0 Å². The summed E-state index contributed by atoms with van der Waals surface area (Å²) in [7, 11) is -3.74. The maximum atomic E-state index is 13.5. The molecule has 164 valence electrons. The van der Waals surface area contributed by atoms with Crippen molar-refractivity contribution in [3.8, 4) is 0 Å². The van der Waals surface area contributed by atoms with E-state index in [1.165, 1.54) is 4.31 Å². The number of rotatable bonds is 6. The number of hydrogen-bond donors (Lipinski definition) is 2. The van der Waals surface area contributed by atoms with E-state index in [9.17, 15) is 13.2 Å². The van der Waals surface area contributed by atoms with Crippen LogP contribution in [-0.2, 0) is 21.2 Å². The van der Waals surface area contributed by atoms with Crippen molar-refractivity contribution in [1.29, 1.82) is 0 Å². The molecule has 0 bridgehead atoms. The number of aromatic nitrogens is 1. The number of nitrogens with zero attached hydrogens (tertiary/aromatic N) is 1. The van der Waals surface area contributed by atoms with Gasteiger partial charge >= 0.3 is 0 Å². The smallest absolute Gasteiger partial charge is 0.244 e. The Hall–Kier alpha value is -2.64. The first-order valence-corrected chi connectivity index (χ1v) is 12.2. The number of aromatic amines is 1. The molecule has 7 heteroatoms. The van der Waals surface area contributed by atoms with Crippen LogP contribution in [0, 0.1) is 20.8 Å². The van der Waals surface area contributed by atoms with Crippen molar-refractivity contribution in [2.24, 2.45) is 0 Å². The molecule has 4 rings (SSSR count). The Bertz CT molecular complexity index is 1210. The van der Waals surface area contributed by atoms with Crippen LogP contribution in [-0.4, -0.2) is 42.7 Å². The number of nitrogens with one attached hydrogen (secondary N) is 2. The summed E-state index contributed by atoms with van der Waals surface area (Å²) in [4.78, 5) is 16.5. The zero-order valence-electron chi connectivity index (χ0n) is 18.2. The predicted molar refractivity (Wildman–Crippen MR) is 123 cm³/mol. The molecule has 1 aliphatic heterocycles. The van der Waals surface area contributed by atoms with E-state index in [-0.39, 0.29) is 5.91 Å². The average molecular weight is 440 g/mol. The van der Waals surface area contributed by atoms with Gasteiger partial charge in [-0.25, -0.2) is 8.42 Å². The van der Waals surface area contributed by atoms with Crippen molar-refractivity contribution in [3.05, 3.63) is 64.8 Å². The van der Waals surface area contributed by atoms with Crippen LogP contribution < -0.4 is 5.32 Å². The third-order valence-electron chi connectivity index (χ3n) is 6.05. The fourth-order valence-corrected chi connectivity index (χ4v) is 6.83. The van der Waals surface area contributed by atoms with E-state index in [4.69, 9.17) is 0 Å². The normalized spacial score (nSPS) is 17.3. The second-order valence-corrected chi connectivity index (χ2v) is 10.2. The van der Waals surface area contributed by atoms with Gasteiger partial charge in [0.1, 0.15) is 6.04 Å². The summed E-state index contributed by atoms with van der Waals surface area (Å²) in [5.74, 6) is -0.219. The van der Waals surface area contributed by atoms with Gasteiger partial charge in [-0.15, -0.1) is 0 Å². The summed E-state index contributed by atoms with van der Waals surface area (Å²) in [5.41, 5.74) is 4.69. The second-order valence-electron chi connectivity index (χ2n) is 8.40. The lowest BCUT2D eigenvalue weighted by molar-refractivity contribution is -0.124. The Morgan fingerprint density at radius 1 is 1.16 bits per heavy atom. The first-order valence-electron chi connectivity index (χ1n) is 10.7. The number of aryl methyl sites for hydroxylation is 3. The summed E-state index contributed by atoms with van der Waals surface area (Å²) in [6.07, 6.45) is 3.88. The minimum Gasteiger partial charge on any atom is -0.361 e. The molecular weight excluding hydrogens is 410 g/mol. The molecular formula is C24H29N3O3S. The first-order chi connectivity index (χ1) is 14.8. The van der Waals surface area contributed by atoms with Gasteiger partial charge in [-0.3, -0.25) is 4.79 Å². The minimum atomic E-state index is -3.74. The average Bonchev–Trinajstić information content (AvgIpc) is 3.35. The van der Waals surface area contributed by atoms with E-state index in [0.717, 1.165) is 33.2 Å². The van der Waals surface area contributed by atoms with Gasteiger partial charge in [-0.05, 0) is 62.8 Å². The number of carbonyl (C=O) groups is 1. The highest BCUT2D eigenvalue weighted by Crippen LogP contribution is 2.30. The van der Waals surface area contributed by atoms with Crippen LogP contribution >= 0.6 is 0 Å². The van der Waals surface area contributed by atoms with Gasteiger partial charge in [-0.2, -0.15) is 4.31 Å². The zero-order chi connectivity index (χ0) is 22.2. The molecule has 1 fully saturated rings.